The standard InChI is InChI=1S/C25H33FN2O4S/c1-3-4-7-20(29)16-27(12-13-31-2)17-25(30)28-11-9-24-22(10-14-33-24)23(28)18-32-21-8-5-6-19(26)15-21/h3,5-6,8,10,14-15,20,23,29H,1,4,7,9,11-13,16-18H2,2H3/t20-,23+/m1/s1. The van der Waals surface area contributed by atoms with Crippen LogP contribution in [-0.2, 0) is 16.0 Å². The fourth-order valence-electron chi connectivity index (χ4n) is 4.04. The Balaban J connectivity index is 1.70. The number of amides is 1. The Morgan fingerprint density at radius 3 is 3.06 bits per heavy atom. The lowest BCUT2D eigenvalue weighted by Crippen LogP contribution is -2.48. The number of aliphatic hydroxyl groups is 1. The van der Waals surface area contributed by atoms with Gasteiger partial charge < -0.3 is 19.5 Å². The van der Waals surface area contributed by atoms with E-state index < -0.39 is 6.10 Å². The summed E-state index contributed by atoms with van der Waals surface area (Å²) in [6.07, 6.45) is 3.37. The quantitative estimate of drug-likeness (QED) is 0.447. The number of benzene rings is 1. The second kappa shape index (κ2) is 12.8. The molecule has 6 nitrogen and oxygen atoms in total. The van der Waals surface area contributed by atoms with Crippen LogP contribution in [0.3, 0.4) is 0 Å². The van der Waals surface area contributed by atoms with Crippen LogP contribution >= 0.6 is 11.3 Å². The third-order valence-electron chi connectivity index (χ3n) is 5.76. The van der Waals surface area contributed by atoms with Crippen LogP contribution in [0.25, 0.3) is 0 Å². The van der Waals surface area contributed by atoms with E-state index in [-0.39, 0.29) is 30.9 Å². The molecule has 180 valence electrons. The zero-order chi connectivity index (χ0) is 23.6. The van der Waals surface area contributed by atoms with Crippen molar-refractivity contribution in [3.8, 4) is 5.75 Å². The Hall–Kier alpha value is -2.26. The van der Waals surface area contributed by atoms with Crippen molar-refractivity contribution in [3.63, 3.8) is 0 Å². The van der Waals surface area contributed by atoms with E-state index in [4.69, 9.17) is 9.47 Å². The smallest absolute Gasteiger partial charge is 0.237 e. The van der Waals surface area contributed by atoms with Gasteiger partial charge in [0.15, 0.2) is 0 Å². The van der Waals surface area contributed by atoms with Gasteiger partial charge in [-0.25, -0.2) is 4.39 Å². The first kappa shape index (κ1) is 25.4. The minimum atomic E-state index is -0.537. The summed E-state index contributed by atoms with van der Waals surface area (Å²) in [4.78, 5) is 18.5. The number of halogens is 1. The highest BCUT2D eigenvalue weighted by Crippen LogP contribution is 2.34. The van der Waals surface area contributed by atoms with Crippen molar-refractivity contribution in [2.24, 2.45) is 0 Å². The first-order valence-electron chi connectivity index (χ1n) is 11.3. The number of allylic oxidation sites excluding steroid dienone is 1. The molecule has 0 unspecified atom stereocenters. The van der Waals surface area contributed by atoms with Crippen LogP contribution in [0, 0.1) is 5.82 Å². The Labute approximate surface area is 199 Å². The molecule has 3 rings (SSSR count). The monoisotopic (exact) mass is 476 g/mol. The first-order chi connectivity index (χ1) is 16.0. The van der Waals surface area contributed by atoms with Crippen LogP contribution in [0.15, 0.2) is 48.4 Å². The van der Waals surface area contributed by atoms with Crippen LogP contribution in [-0.4, -0.2) is 73.4 Å². The van der Waals surface area contributed by atoms with Crippen LogP contribution in [0.5, 0.6) is 5.75 Å². The highest BCUT2D eigenvalue weighted by molar-refractivity contribution is 7.10. The van der Waals surface area contributed by atoms with Crippen molar-refractivity contribution in [2.45, 2.75) is 31.4 Å². The van der Waals surface area contributed by atoms with Gasteiger partial charge >= 0.3 is 0 Å². The molecule has 0 saturated carbocycles. The number of hydrogen-bond acceptors (Lipinski definition) is 6. The molecule has 2 heterocycles. The maximum atomic E-state index is 13.6. The van der Waals surface area contributed by atoms with Gasteiger partial charge in [0.05, 0.1) is 25.3 Å². The third-order valence-corrected chi connectivity index (χ3v) is 6.76. The number of ether oxygens (including phenoxy) is 2. The van der Waals surface area contributed by atoms with Gasteiger partial charge in [0, 0.05) is 37.7 Å². The summed E-state index contributed by atoms with van der Waals surface area (Å²) in [5.41, 5.74) is 1.09. The van der Waals surface area contributed by atoms with E-state index in [0.29, 0.717) is 38.4 Å². The number of rotatable bonds is 13. The molecule has 2 atom stereocenters. The number of hydrogen-bond donors (Lipinski definition) is 1. The molecule has 0 fully saturated rings. The van der Waals surface area contributed by atoms with Gasteiger partial charge in [-0.1, -0.05) is 12.1 Å². The first-order valence-corrected chi connectivity index (χ1v) is 12.1. The number of carbonyl (C=O) groups is 1. The van der Waals surface area contributed by atoms with Gasteiger partial charge in [0.25, 0.3) is 0 Å². The average Bonchev–Trinajstić information content (AvgIpc) is 3.28. The molecule has 1 aromatic carbocycles. The van der Waals surface area contributed by atoms with Crippen molar-refractivity contribution in [2.75, 3.05) is 46.5 Å². The molecule has 8 heteroatoms. The van der Waals surface area contributed by atoms with Gasteiger partial charge in [-0.15, -0.1) is 17.9 Å². The summed E-state index contributed by atoms with van der Waals surface area (Å²) in [7, 11) is 1.62. The van der Waals surface area contributed by atoms with Gasteiger partial charge in [0.1, 0.15) is 18.2 Å². The predicted octanol–water partition coefficient (Wildman–Crippen LogP) is 3.67. The summed E-state index contributed by atoms with van der Waals surface area (Å²) in [5, 5.41) is 12.4. The van der Waals surface area contributed by atoms with Crippen LogP contribution in [0.2, 0.25) is 0 Å². The number of nitrogens with zero attached hydrogens (tertiary/aromatic N) is 2. The van der Waals surface area contributed by atoms with Crippen molar-refractivity contribution in [3.05, 3.63) is 64.6 Å². The van der Waals surface area contributed by atoms with E-state index in [9.17, 15) is 14.3 Å². The summed E-state index contributed by atoms with van der Waals surface area (Å²) in [6, 6.07) is 7.84. The zero-order valence-electron chi connectivity index (χ0n) is 19.1. The Bertz CT molecular complexity index is 906. The fraction of sp³-hybridized carbons (Fsp3) is 0.480. The largest absolute Gasteiger partial charge is 0.491 e. The topological polar surface area (TPSA) is 62.2 Å². The average molecular weight is 477 g/mol. The van der Waals surface area contributed by atoms with Crippen molar-refractivity contribution in [1.82, 2.24) is 9.80 Å². The van der Waals surface area contributed by atoms with E-state index >= 15 is 0 Å². The number of thiophene rings is 1. The minimum absolute atomic E-state index is 0.0216. The molecule has 0 spiro atoms. The molecule has 33 heavy (non-hydrogen) atoms. The summed E-state index contributed by atoms with van der Waals surface area (Å²) in [5.74, 6) is 0.0626. The van der Waals surface area contributed by atoms with Gasteiger partial charge in [0.2, 0.25) is 5.91 Å². The van der Waals surface area contributed by atoms with E-state index in [1.807, 2.05) is 21.2 Å². The van der Waals surface area contributed by atoms with Crippen LogP contribution < -0.4 is 4.74 Å². The molecule has 1 amide bonds. The molecule has 0 bridgehead atoms. The zero-order valence-corrected chi connectivity index (χ0v) is 19.9. The normalized spacial score (nSPS) is 16.5. The van der Waals surface area contributed by atoms with Gasteiger partial charge in [-0.3, -0.25) is 9.69 Å². The Morgan fingerprint density at radius 2 is 2.30 bits per heavy atom. The minimum Gasteiger partial charge on any atom is -0.491 e. The summed E-state index contributed by atoms with van der Waals surface area (Å²) >= 11 is 1.69. The number of carbonyl (C=O) groups excluding carboxylic acids is 1. The number of fused-ring (bicyclic) bond motifs is 1. The Kier molecular flexibility index (Phi) is 9.87. The highest BCUT2D eigenvalue weighted by atomic mass is 32.1. The summed E-state index contributed by atoms with van der Waals surface area (Å²) < 4.78 is 24.7. The molecule has 0 saturated heterocycles. The summed E-state index contributed by atoms with van der Waals surface area (Å²) in [6.45, 7) is 6.15. The lowest BCUT2D eigenvalue weighted by atomic mass is 10.0. The highest BCUT2D eigenvalue weighted by Gasteiger charge is 2.33. The van der Waals surface area contributed by atoms with Crippen LogP contribution in [0.4, 0.5) is 4.39 Å². The van der Waals surface area contributed by atoms with E-state index in [0.717, 1.165) is 18.4 Å². The van der Waals surface area contributed by atoms with E-state index in [2.05, 4.69) is 6.58 Å². The van der Waals surface area contributed by atoms with Crippen molar-refractivity contribution < 1.29 is 23.8 Å². The third kappa shape index (κ3) is 7.37. The molecule has 1 aliphatic rings. The SMILES string of the molecule is C=CCC[C@@H](O)CN(CCOC)CC(=O)N1CCc2sccc2[C@@H]1COc1cccc(F)c1. The van der Waals surface area contributed by atoms with Gasteiger partial charge in [-0.2, -0.15) is 0 Å². The van der Waals surface area contributed by atoms with E-state index in [1.165, 1.54) is 17.0 Å². The molecular weight excluding hydrogens is 443 g/mol. The molecule has 2 aromatic rings. The van der Waals surface area contributed by atoms with Gasteiger partial charge in [-0.05, 0) is 48.4 Å². The van der Waals surface area contributed by atoms with Crippen molar-refractivity contribution in [1.29, 1.82) is 0 Å². The molecule has 1 N–H and O–H groups in total. The lowest BCUT2D eigenvalue weighted by Gasteiger charge is -2.37. The molecule has 0 radical (unpaired) electrons. The fourth-order valence-corrected chi connectivity index (χ4v) is 4.97. The second-order valence-corrected chi connectivity index (χ2v) is 9.17. The predicted molar refractivity (Wildman–Crippen MR) is 128 cm³/mol. The van der Waals surface area contributed by atoms with Crippen LogP contribution in [0.1, 0.15) is 29.3 Å². The molecule has 1 aromatic heterocycles. The van der Waals surface area contributed by atoms with E-state index in [1.54, 1.807) is 36.7 Å². The lowest BCUT2D eigenvalue weighted by molar-refractivity contribution is -0.136. The number of methoxy groups -OCH3 is 1. The maximum absolute atomic E-state index is 13.6. The Morgan fingerprint density at radius 1 is 1.45 bits per heavy atom. The molecular formula is C25H33FN2O4S. The number of aliphatic hydroxyl groups excluding tert-OH is 1. The second-order valence-electron chi connectivity index (χ2n) is 8.17. The molecule has 1 aliphatic heterocycles. The van der Waals surface area contributed by atoms with Crippen molar-refractivity contribution >= 4 is 17.2 Å². The maximum Gasteiger partial charge on any atom is 0.237 e. The molecule has 0 aliphatic carbocycles.